The van der Waals surface area contributed by atoms with Crippen LogP contribution in [0, 0.1) is 0 Å². The van der Waals surface area contributed by atoms with Gasteiger partial charge >= 0.3 is 0 Å². The summed E-state index contributed by atoms with van der Waals surface area (Å²) in [5.41, 5.74) is 5.64. The lowest BCUT2D eigenvalue weighted by Crippen LogP contribution is -2.44. The van der Waals surface area contributed by atoms with E-state index in [1.54, 1.807) is 22.9 Å². The fourth-order valence-corrected chi connectivity index (χ4v) is 1.83. The summed E-state index contributed by atoms with van der Waals surface area (Å²) in [4.78, 5) is 15.2. The third kappa shape index (κ3) is 7.57. The molecule has 1 unspecified atom stereocenters. The molecule has 0 aromatic rings. The molecule has 3 N–H and O–H groups in total. The van der Waals surface area contributed by atoms with Crippen LogP contribution in [0.2, 0.25) is 0 Å². The number of hydrogen-bond acceptors (Lipinski definition) is 3. The number of nitrogens with zero attached hydrogens (tertiary/aromatic N) is 2. The predicted octanol–water partition coefficient (Wildman–Crippen LogP) is 1.80. The third-order valence-electron chi connectivity index (χ3n) is 2.37. The first-order valence-electron chi connectivity index (χ1n) is 5.85. The van der Waals surface area contributed by atoms with Crippen LogP contribution in [0.4, 0.5) is 4.39 Å². The highest BCUT2D eigenvalue weighted by molar-refractivity contribution is 14.1. The summed E-state index contributed by atoms with van der Waals surface area (Å²) in [6.45, 7) is 2.74. The van der Waals surface area contributed by atoms with Crippen LogP contribution >= 0.6 is 22.9 Å². The SMILES string of the molecule is CCCC[C@@H](N=C(N)C=NI)C(CF)NC(C)=O. The van der Waals surface area contributed by atoms with Crippen molar-refractivity contribution in [3.8, 4) is 0 Å². The average Bonchev–Trinajstić information content (AvgIpc) is 2.31. The highest BCUT2D eigenvalue weighted by Crippen LogP contribution is 2.10. The summed E-state index contributed by atoms with van der Waals surface area (Å²) < 4.78 is 16.7. The molecular weight excluding hydrogens is 350 g/mol. The predicted molar refractivity (Wildman–Crippen MR) is 81.0 cm³/mol. The van der Waals surface area contributed by atoms with Gasteiger partial charge in [-0.15, -0.1) is 0 Å². The standard InChI is InChI=1S/C11H20FIN4O/c1-3-4-5-9(17-11(14)7-15-13)10(6-12)16-8(2)18/h7,9-10H,3-6H2,1-2H3,(H2,14,17)(H,16,18)/t9-,10?/m1/s1. The first-order valence-corrected chi connectivity index (χ1v) is 6.82. The summed E-state index contributed by atoms with van der Waals surface area (Å²) in [5.74, 6) is -0.0233. The van der Waals surface area contributed by atoms with Crippen molar-refractivity contribution >= 4 is 40.8 Å². The zero-order valence-electron chi connectivity index (χ0n) is 10.7. The molecule has 18 heavy (non-hydrogen) atoms. The fourth-order valence-electron chi connectivity index (χ4n) is 1.54. The van der Waals surface area contributed by atoms with Crippen molar-refractivity contribution in [3.63, 3.8) is 0 Å². The summed E-state index contributed by atoms with van der Waals surface area (Å²) in [6, 6.07) is -0.983. The lowest BCUT2D eigenvalue weighted by atomic mass is 10.0. The molecule has 0 aromatic carbocycles. The Morgan fingerprint density at radius 3 is 2.72 bits per heavy atom. The number of nitrogens with two attached hydrogens (primary N) is 1. The van der Waals surface area contributed by atoms with Crippen molar-refractivity contribution in [2.24, 2.45) is 13.9 Å². The Morgan fingerprint density at radius 2 is 2.28 bits per heavy atom. The monoisotopic (exact) mass is 370 g/mol. The topological polar surface area (TPSA) is 79.8 Å². The molecule has 0 spiro atoms. The molecule has 5 nitrogen and oxygen atoms in total. The molecule has 0 aliphatic rings. The largest absolute Gasteiger partial charge is 0.383 e. The quantitative estimate of drug-likeness (QED) is 0.388. The zero-order valence-corrected chi connectivity index (χ0v) is 12.9. The minimum atomic E-state index is -0.661. The molecule has 1 amide bonds. The molecule has 0 saturated heterocycles. The Balaban J connectivity index is 4.81. The molecule has 0 rings (SSSR count). The normalized spacial score (nSPS) is 15.7. The molecule has 7 heteroatoms. The van der Waals surface area contributed by atoms with Crippen LogP contribution in [0.1, 0.15) is 33.1 Å². The van der Waals surface area contributed by atoms with Crippen LogP contribution in [-0.2, 0) is 4.79 Å². The van der Waals surface area contributed by atoms with E-state index in [9.17, 15) is 9.18 Å². The third-order valence-corrected chi connectivity index (χ3v) is 2.65. The molecule has 0 heterocycles. The van der Waals surface area contributed by atoms with Gasteiger partial charge in [0.15, 0.2) is 0 Å². The number of carbonyl (C=O) groups is 1. The van der Waals surface area contributed by atoms with Gasteiger partial charge in [-0.2, -0.15) is 0 Å². The summed E-state index contributed by atoms with van der Waals surface area (Å²) >= 11 is 1.79. The van der Waals surface area contributed by atoms with Crippen LogP contribution in [0.5, 0.6) is 0 Å². The van der Waals surface area contributed by atoms with Gasteiger partial charge in [0.05, 0.1) is 41.2 Å². The van der Waals surface area contributed by atoms with Gasteiger partial charge in [-0.05, 0) is 6.42 Å². The summed E-state index contributed by atoms with van der Waals surface area (Å²) in [7, 11) is 0. The molecule has 0 bridgehead atoms. The number of carbonyl (C=O) groups excluding carboxylic acids is 1. The van der Waals surface area contributed by atoms with Crippen molar-refractivity contribution in [1.82, 2.24) is 5.32 Å². The van der Waals surface area contributed by atoms with Gasteiger partial charge in [-0.25, -0.2) is 7.60 Å². The van der Waals surface area contributed by atoms with E-state index in [1.165, 1.54) is 13.1 Å². The highest BCUT2D eigenvalue weighted by atomic mass is 127. The minimum Gasteiger partial charge on any atom is -0.383 e. The van der Waals surface area contributed by atoms with E-state index in [0.717, 1.165) is 12.8 Å². The number of rotatable bonds is 8. The Kier molecular flexibility index (Phi) is 9.80. The molecule has 0 fully saturated rings. The lowest BCUT2D eigenvalue weighted by Gasteiger charge is -2.22. The van der Waals surface area contributed by atoms with Gasteiger partial charge in [0, 0.05) is 6.92 Å². The van der Waals surface area contributed by atoms with E-state index < -0.39 is 12.7 Å². The van der Waals surface area contributed by atoms with Crippen molar-refractivity contribution in [3.05, 3.63) is 0 Å². The summed E-state index contributed by atoms with van der Waals surface area (Å²) in [5, 5.41) is 2.56. The van der Waals surface area contributed by atoms with E-state index >= 15 is 0 Å². The number of nitrogens with one attached hydrogen (secondary N) is 1. The Hall–Kier alpha value is -0.730. The van der Waals surface area contributed by atoms with Gasteiger partial charge in [0.25, 0.3) is 0 Å². The Labute approximate surface area is 121 Å². The van der Waals surface area contributed by atoms with Crippen molar-refractivity contribution in [2.75, 3.05) is 6.67 Å². The van der Waals surface area contributed by atoms with Gasteiger partial charge in [0.2, 0.25) is 5.91 Å². The number of halogens is 2. The van der Waals surface area contributed by atoms with Crippen LogP contribution < -0.4 is 11.1 Å². The number of amides is 1. The molecule has 0 aliphatic heterocycles. The van der Waals surface area contributed by atoms with Crippen molar-refractivity contribution in [2.45, 2.75) is 45.2 Å². The van der Waals surface area contributed by atoms with Crippen LogP contribution in [0.3, 0.4) is 0 Å². The first kappa shape index (κ1) is 17.3. The lowest BCUT2D eigenvalue weighted by molar-refractivity contribution is -0.119. The molecule has 0 saturated carbocycles. The maximum absolute atomic E-state index is 13.0. The number of hydrogen-bond donors (Lipinski definition) is 2. The molecule has 2 atom stereocenters. The van der Waals surface area contributed by atoms with Gasteiger partial charge in [-0.3, -0.25) is 9.79 Å². The highest BCUT2D eigenvalue weighted by Gasteiger charge is 2.21. The number of aliphatic imine (C=N–C) groups is 1. The van der Waals surface area contributed by atoms with Crippen LogP contribution in [0.15, 0.2) is 8.20 Å². The van der Waals surface area contributed by atoms with Crippen molar-refractivity contribution < 1.29 is 9.18 Å². The number of alkyl halides is 1. The second-order valence-electron chi connectivity index (χ2n) is 3.95. The van der Waals surface area contributed by atoms with Gasteiger partial charge < -0.3 is 11.1 Å². The molecule has 0 aliphatic carbocycles. The number of unbranched alkanes of at least 4 members (excludes halogenated alkanes) is 1. The Bertz CT molecular complexity index is 309. The Morgan fingerprint density at radius 1 is 1.61 bits per heavy atom. The minimum absolute atomic E-state index is 0.245. The second-order valence-corrected chi connectivity index (χ2v) is 4.51. The molecule has 0 aromatic heterocycles. The van der Waals surface area contributed by atoms with E-state index in [2.05, 4.69) is 13.5 Å². The van der Waals surface area contributed by atoms with E-state index in [0.29, 0.717) is 6.42 Å². The second kappa shape index (κ2) is 10.2. The van der Waals surface area contributed by atoms with Crippen LogP contribution in [-0.4, -0.2) is 36.7 Å². The van der Waals surface area contributed by atoms with Crippen LogP contribution in [0.25, 0.3) is 0 Å². The van der Waals surface area contributed by atoms with E-state index in [-0.39, 0.29) is 17.8 Å². The fraction of sp³-hybridized carbons (Fsp3) is 0.727. The molecule has 104 valence electrons. The molecule has 0 radical (unpaired) electrons. The van der Waals surface area contributed by atoms with Crippen molar-refractivity contribution in [1.29, 1.82) is 0 Å². The maximum atomic E-state index is 13.0. The zero-order chi connectivity index (χ0) is 14.0. The summed E-state index contributed by atoms with van der Waals surface area (Å²) in [6.07, 6.45) is 3.97. The average molecular weight is 370 g/mol. The molecular formula is C11H20FIN4O. The van der Waals surface area contributed by atoms with E-state index in [4.69, 9.17) is 5.73 Å². The maximum Gasteiger partial charge on any atom is 0.217 e. The first-order chi connectivity index (χ1) is 8.54. The number of amidine groups is 1. The van der Waals surface area contributed by atoms with E-state index in [1.807, 2.05) is 6.92 Å². The van der Waals surface area contributed by atoms with Gasteiger partial charge in [-0.1, -0.05) is 19.8 Å². The van der Waals surface area contributed by atoms with Gasteiger partial charge in [0.1, 0.15) is 12.5 Å². The smallest absolute Gasteiger partial charge is 0.217 e.